The van der Waals surface area contributed by atoms with Crippen molar-refractivity contribution in [2.24, 2.45) is 9.98 Å². The van der Waals surface area contributed by atoms with Gasteiger partial charge in [0, 0.05) is 19.4 Å². The molecule has 1 atom stereocenters. The molecule has 0 aliphatic carbocycles. The van der Waals surface area contributed by atoms with Gasteiger partial charge in [0.25, 0.3) is 0 Å². The van der Waals surface area contributed by atoms with E-state index >= 15 is 0 Å². The molecule has 1 aliphatic rings. The first-order chi connectivity index (χ1) is 6.76. The van der Waals surface area contributed by atoms with Crippen molar-refractivity contribution in [2.75, 3.05) is 6.54 Å². The van der Waals surface area contributed by atoms with E-state index in [0.717, 1.165) is 31.6 Å². The summed E-state index contributed by atoms with van der Waals surface area (Å²) < 4.78 is 0. The molecule has 0 saturated carbocycles. The zero-order valence-electron chi connectivity index (χ0n) is 9.75. The predicted octanol–water partition coefficient (Wildman–Crippen LogP) is 2.68. The third kappa shape index (κ3) is 2.14. The molecule has 0 N–H and O–H groups in total. The van der Waals surface area contributed by atoms with Gasteiger partial charge in [-0.1, -0.05) is 20.8 Å². The standard InChI is InChI=1S/C11H21N3/c1-5-9-12-10(6-2)14(8-4)11(7-3)13-9/h10H,5-8H2,1-4H3. The van der Waals surface area contributed by atoms with Gasteiger partial charge in [0.05, 0.1) is 0 Å². The zero-order valence-corrected chi connectivity index (χ0v) is 9.75. The molecule has 0 aromatic rings. The van der Waals surface area contributed by atoms with Crippen molar-refractivity contribution in [3.8, 4) is 0 Å². The lowest BCUT2D eigenvalue weighted by atomic mass is 10.2. The second kappa shape index (κ2) is 5.13. The van der Waals surface area contributed by atoms with Crippen molar-refractivity contribution < 1.29 is 0 Å². The minimum atomic E-state index is 0.322. The van der Waals surface area contributed by atoms with E-state index in [1.165, 1.54) is 5.84 Å². The van der Waals surface area contributed by atoms with Crippen LogP contribution in [0.15, 0.2) is 9.98 Å². The van der Waals surface area contributed by atoms with Crippen LogP contribution < -0.4 is 0 Å². The smallest absolute Gasteiger partial charge is 0.127 e. The summed E-state index contributed by atoms with van der Waals surface area (Å²) in [4.78, 5) is 11.5. The molecule has 0 bridgehead atoms. The van der Waals surface area contributed by atoms with Gasteiger partial charge in [-0.05, 0) is 13.3 Å². The van der Waals surface area contributed by atoms with E-state index in [1.54, 1.807) is 0 Å². The van der Waals surface area contributed by atoms with E-state index in [4.69, 9.17) is 0 Å². The van der Waals surface area contributed by atoms with Gasteiger partial charge in [-0.3, -0.25) is 0 Å². The Kier molecular flexibility index (Phi) is 4.11. The third-order valence-electron chi connectivity index (χ3n) is 2.59. The number of hydrogen-bond acceptors (Lipinski definition) is 3. The second-order valence-corrected chi connectivity index (χ2v) is 3.46. The highest BCUT2D eigenvalue weighted by molar-refractivity contribution is 5.98. The van der Waals surface area contributed by atoms with Gasteiger partial charge < -0.3 is 4.90 Å². The third-order valence-corrected chi connectivity index (χ3v) is 2.59. The quantitative estimate of drug-likeness (QED) is 0.677. The molecule has 3 heteroatoms. The average molecular weight is 195 g/mol. The Labute approximate surface area is 86.9 Å². The second-order valence-electron chi connectivity index (χ2n) is 3.46. The maximum absolute atomic E-state index is 4.62. The highest BCUT2D eigenvalue weighted by Crippen LogP contribution is 2.15. The minimum absolute atomic E-state index is 0.322. The summed E-state index contributed by atoms with van der Waals surface area (Å²) in [5.74, 6) is 2.21. The van der Waals surface area contributed by atoms with Crippen LogP contribution >= 0.6 is 0 Å². The lowest BCUT2D eigenvalue weighted by Gasteiger charge is -2.33. The highest BCUT2D eigenvalue weighted by atomic mass is 15.3. The summed E-state index contributed by atoms with van der Waals surface area (Å²) in [7, 11) is 0. The van der Waals surface area contributed by atoms with Crippen LogP contribution in [-0.4, -0.2) is 29.3 Å². The van der Waals surface area contributed by atoms with Gasteiger partial charge in [-0.25, -0.2) is 9.98 Å². The monoisotopic (exact) mass is 195 g/mol. The molecule has 0 aromatic heterocycles. The molecule has 0 saturated heterocycles. The lowest BCUT2D eigenvalue weighted by molar-refractivity contribution is 0.314. The summed E-state index contributed by atoms with van der Waals surface area (Å²) in [6, 6.07) is 0. The van der Waals surface area contributed by atoms with Gasteiger partial charge >= 0.3 is 0 Å². The van der Waals surface area contributed by atoms with Crippen molar-refractivity contribution in [1.82, 2.24) is 4.90 Å². The van der Waals surface area contributed by atoms with Gasteiger partial charge in [0.15, 0.2) is 0 Å². The molecule has 0 aromatic carbocycles. The molecular formula is C11H21N3. The maximum atomic E-state index is 4.62. The van der Waals surface area contributed by atoms with Gasteiger partial charge in [-0.2, -0.15) is 0 Å². The van der Waals surface area contributed by atoms with Crippen molar-refractivity contribution in [2.45, 2.75) is 53.1 Å². The first-order valence-electron chi connectivity index (χ1n) is 5.67. The fourth-order valence-corrected chi connectivity index (χ4v) is 1.81. The molecule has 14 heavy (non-hydrogen) atoms. The normalized spacial score (nSPS) is 22.0. The fourth-order valence-electron chi connectivity index (χ4n) is 1.81. The zero-order chi connectivity index (χ0) is 10.6. The molecule has 0 amide bonds. The van der Waals surface area contributed by atoms with Crippen LogP contribution in [0.2, 0.25) is 0 Å². The summed E-state index contributed by atoms with van der Waals surface area (Å²) in [6.07, 6.45) is 3.33. The maximum Gasteiger partial charge on any atom is 0.127 e. The van der Waals surface area contributed by atoms with Crippen molar-refractivity contribution in [1.29, 1.82) is 0 Å². The summed E-state index contributed by atoms with van der Waals surface area (Å²) in [6.45, 7) is 9.63. The molecule has 1 heterocycles. The number of amidine groups is 2. The number of hydrogen-bond donors (Lipinski definition) is 0. The van der Waals surface area contributed by atoms with E-state index in [-0.39, 0.29) is 0 Å². The van der Waals surface area contributed by atoms with E-state index in [0.29, 0.717) is 6.17 Å². The number of rotatable bonds is 4. The van der Waals surface area contributed by atoms with E-state index in [9.17, 15) is 0 Å². The Morgan fingerprint density at radius 1 is 1.14 bits per heavy atom. The summed E-state index contributed by atoms with van der Waals surface area (Å²) in [5.41, 5.74) is 0. The summed E-state index contributed by atoms with van der Waals surface area (Å²) in [5, 5.41) is 0. The van der Waals surface area contributed by atoms with Crippen LogP contribution in [0.3, 0.4) is 0 Å². The first kappa shape index (κ1) is 11.2. The number of aliphatic imine (C=N–C) groups is 2. The average Bonchev–Trinajstić information content (AvgIpc) is 2.26. The van der Waals surface area contributed by atoms with Crippen LogP contribution in [0.5, 0.6) is 0 Å². The molecular weight excluding hydrogens is 174 g/mol. The Bertz CT molecular complexity index is 243. The van der Waals surface area contributed by atoms with Crippen LogP contribution in [0.1, 0.15) is 47.0 Å². The minimum Gasteiger partial charge on any atom is -0.338 e. The Hall–Kier alpha value is -0.860. The van der Waals surface area contributed by atoms with Crippen LogP contribution in [0, 0.1) is 0 Å². The molecule has 1 unspecified atom stereocenters. The molecule has 0 spiro atoms. The fraction of sp³-hybridized carbons (Fsp3) is 0.818. The van der Waals surface area contributed by atoms with Gasteiger partial charge in [-0.15, -0.1) is 0 Å². The largest absolute Gasteiger partial charge is 0.338 e. The molecule has 1 rings (SSSR count). The molecule has 3 nitrogen and oxygen atoms in total. The number of nitrogens with zero attached hydrogens (tertiary/aromatic N) is 3. The Morgan fingerprint density at radius 3 is 2.29 bits per heavy atom. The van der Waals surface area contributed by atoms with Crippen LogP contribution in [0.4, 0.5) is 0 Å². The van der Waals surface area contributed by atoms with E-state index in [1.807, 2.05) is 0 Å². The topological polar surface area (TPSA) is 28.0 Å². The highest BCUT2D eigenvalue weighted by Gasteiger charge is 2.21. The SMILES string of the molecule is CCC1=NC(CC)N(CC)C(CC)=N1. The van der Waals surface area contributed by atoms with Crippen molar-refractivity contribution in [3.63, 3.8) is 0 Å². The van der Waals surface area contributed by atoms with E-state index < -0.39 is 0 Å². The molecule has 0 fully saturated rings. The van der Waals surface area contributed by atoms with Crippen LogP contribution in [-0.2, 0) is 0 Å². The van der Waals surface area contributed by atoms with Crippen molar-refractivity contribution >= 4 is 11.7 Å². The lowest BCUT2D eigenvalue weighted by Crippen LogP contribution is -2.42. The van der Waals surface area contributed by atoms with Gasteiger partial charge in [0.2, 0.25) is 0 Å². The van der Waals surface area contributed by atoms with Gasteiger partial charge in [0.1, 0.15) is 17.8 Å². The summed E-state index contributed by atoms with van der Waals surface area (Å²) >= 11 is 0. The molecule has 0 radical (unpaired) electrons. The molecule has 1 aliphatic heterocycles. The first-order valence-corrected chi connectivity index (χ1v) is 5.67. The van der Waals surface area contributed by atoms with E-state index in [2.05, 4.69) is 42.6 Å². The Balaban J connectivity index is 2.89. The molecule has 80 valence electrons. The Morgan fingerprint density at radius 2 is 1.86 bits per heavy atom. The van der Waals surface area contributed by atoms with Crippen LogP contribution in [0.25, 0.3) is 0 Å². The predicted molar refractivity (Wildman–Crippen MR) is 61.9 cm³/mol. The van der Waals surface area contributed by atoms with Crippen molar-refractivity contribution in [3.05, 3.63) is 0 Å².